The fourth-order valence-electron chi connectivity index (χ4n) is 4.14. The molecule has 2 atom stereocenters. The molecule has 0 radical (unpaired) electrons. The molecule has 0 amide bonds. The summed E-state index contributed by atoms with van der Waals surface area (Å²) in [5.74, 6) is 1.86. The molecule has 1 aliphatic heterocycles. The van der Waals surface area contributed by atoms with Crippen molar-refractivity contribution in [3.05, 3.63) is 0 Å². The van der Waals surface area contributed by atoms with E-state index in [0.717, 1.165) is 17.9 Å². The van der Waals surface area contributed by atoms with E-state index in [1.54, 1.807) is 0 Å². The second kappa shape index (κ2) is 9.12. The molecular weight excluding hydrogens is 258 g/mol. The SMILES string of the molecule is CCCNC1CCCC1CCN(C)CC1CCN(C)CC1. The van der Waals surface area contributed by atoms with Crippen molar-refractivity contribution >= 4 is 0 Å². The van der Waals surface area contributed by atoms with Crippen molar-refractivity contribution in [1.82, 2.24) is 15.1 Å². The van der Waals surface area contributed by atoms with Crippen LogP contribution in [0.25, 0.3) is 0 Å². The second-order valence-electron chi connectivity index (χ2n) is 7.55. The van der Waals surface area contributed by atoms with Gasteiger partial charge in [-0.05, 0) is 90.6 Å². The summed E-state index contributed by atoms with van der Waals surface area (Å²) in [5.41, 5.74) is 0. The van der Waals surface area contributed by atoms with E-state index in [4.69, 9.17) is 0 Å². The van der Waals surface area contributed by atoms with Crippen LogP contribution in [0.3, 0.4) is 0 Å². The Balaban J connectivity index is 1.62. The Kier molecular flexibility index (Phi) is 7.48. The van der Waals surface area contributed by atoms with Crippen molar-refractivity contribution in [2.75, 3.05) is 46.8 Å². The lowest BCUT2D eigenvalue weighted by molar-refractivity contribution is 0.170. The maximum Gasteiger partial charge on any atom is 0.00958 e. The van der Waals surface area contributed by atoms with Crippen molar-refractivity contribution in [2.45, 2.75) is 57.9 Å². The summed E-state index contributed by atoms with van der Waals surface area (Å²) >= 11 is 0. The molecule has 0 aromatic rings. The number of nitrogens with zero attached hydrogens (tertiary/aromatic N) is 2. The molecule has 1 N–H and O–H groups in total. The minimum atomic E-state index is 0.807. The third-order valence-corrected chi connectivity index (χ3v) is 5.61. The van der Waals surface area contributed by atoms with E-state index < -0.39 is 0 Å². The minimum Gasteiger partial charge on any atom is -0.314 e. The van der Waals surface area contributed by atoms with E-state index in [1.165, 1.54) is 77.7 Å². The number of hydrogen-bond donors (Lipinski definition) is 1. The molecule has 1 saturated carbocycles. The summed E-state index contributed by atoms with van der Waals surface area (Å²) in [6, 6.07) is 0.807. The first-order valence-corrected chi connectivity index (χ1v) is 9.29. The molecule has 0 aromatic carbocycles. The zero-order valence-corrected chi connectivity index (χ0v) is 14.6. The maximum atomic E-state index is 3.77. The molecule has 2 rings (SSSR count). The average Bonchev–Trinajstić information content (AvgIpc) is 2.93. The van der Waals surface area contributed by atoms with Gasteiger partial charge in [0, 0.05) is 12.6 Å². The van der Waals surface area contributed by atoms with E-state index in [1.807, 2.05) is 0 Å². The second-order valence-corrected chi connectivity index (χ2v) is 7.55. The summed E-state index contributed by atoms with van der Waals surface area (Å²) in [6.07, 6.45) is 9.73. The molecule has 3 nitrogen and oxygen atoms in total. The largest absolute Gasteiger partial charge is 0.314 e. The zero-order chi connectivity index (χ0) is 15.1. The van der Waals surface area contributed by atoms with E-state index >= 15 is 0 Å². The van der Waals surface area contributed by atoms with E-state index in [2.05, 4.69) is 36.1 Å². The Labute approximate surface area is 132 Å². The van der Waals surface area contributed by atoms with Gasteiger partial charge in [0.1, 0.15) is 0 Å². The van der Waals surface area contributed by atoms with Crippen molar-refractivity contribution in [1.29, 1.82) is 0 Å². The Morgan fingerprint density at radius 2 is 1.90 bits per heavy atom. The van der Waals surface area contributed by atoms with E-state index in [9.17, 15) is 0 Å². The van der Waals surface area contributed by atoms with Crippen molar-refractivity contribution < 1.29 is 0 Å². The fourth-order valence-corrected chi connectivity index (χ4v) is 4.14. The number of rotatable bonds is 8. The summed E-state index contributed by atoms with van der Waals surface area (Å²) in [5, 5.41) is 3.77. The van der Waals surface area contributed by atoms with Crippen LogP contribution in [0.4, 0.5) is 0 Å². The van der Waals surface area contributed by atoms with Crippen LogP contribution in [-0.4, -0.2) is 62.7 Å². The molecule has 1 heterocycles. The molecular formula is C18H37N3. The third-order valence-electron chi connectivity index (χ3n) is 5.61. The summed E-state index contributed by atoms with van der Waals surface area (Å²) in [4.78, 5) is 5.07. The smallest absolute Gasteiger partial charge is 0.00958 e. The first-order valence-electron chi connectivity index (χ1n) is 9.29. The highest BCUT2D eigenvalue weighted by Gasteiger charge is 2.26. The quantitative estimate of drug-likeness (QED) is 0.743. The number of piperidine rings is 1. The molecule has 124 valence electrons. The summed E-state index contributed by atoms with van der Waals surface area (Å²) in [6.45, 7) is 8.67. The lowest BCUT2D eigenvalue weighted by Crippen LogP contribution is -2.37. The van der Waals surface area contributed by atoms with Crippen molar-refractivity contribution in [2.24, 2.45) is 11.8 Å². The Morgan fingerprint density at radius 1 is 1.14 bits per heavy atom. The highest BCUT2D eigenvalue weighted by Crippen LogP contribution is 2.28. The minimum absolute atomic E-state index is 0.807. The first kappa shape index (κ1) is 17.2. The highest BCUT2D eigenvalue weighted by molar-refractivity contribution is 4.83. The normalized spacial score (nSPS) is 28.6. The molecule has 21 heavy (non-hydrogen) atoms. The standard InChI is InChI=1S/C18H37N3/c1-4-11-19-18-7-5-6-17(18)10-14-21(3)15-16-8-12-20(2)13-9-16/h16-19H,4-15H2,1-3H3. The number of likely N-dealkylation sites (tertiary alicyclic amines) is 1. The number of nitrogens with one attached hydrogen (secondary N) is 1. The van der Waals surface area contributed by atoms with Gasteiger partial charge >= 0.3 is 0 Å². The van der Waals surface area contributed by atoms with Gasteiger partial charge in [-0.2, -0.15) is 0 Å². The van der Waals surface area contributed by atoms with Gasteiger partial charge in [-0.3, -0.25) is 0 Å². The van der Waals surface area contributed by atoms with Gasteiger partial charge in [0.25, 0.3) is 0 Å². The monoisotopic (exact) mass is 295 g/mol. The van der Waals surface area contributed by atoms with Crippen LogP contribution < -0.4 is 5.32 Å². The predicted molar refractivity (Wildman–Crippen MR) is 91.8 cm³/mol. The fraction of sp³-hybridized carbons (Fsp3) is 1.00. The van der Waals surface area contributed by atoms with Gasteiger partial charge in [-0.1, -0.05) is 13.3 Å². The molecule has 2 fully saturated rings. The van der Waals surface area contributed by atoms with Crippen LogP contribution in [-0.2, 0) is 0 Å². The summed E-state index contributed by atoms with van der Waals surface area (Å²) < 4.78 is 0. The van der Waals surface area contributed by atoms with Crippen LogP contribution in [0.15, 0.2) is 0 Å². The van der Waals surface area contributed by atoms with Crippen LogP contribution in [0.5, 0.6) is 0 Å². The van der Waals surface area contributed by atoms with Gasteiger partial charge in [-0.25, -0.2) is 0 Å². The summed E-state index contributed by atoms with van der Waals surface area (Å²) in [7, 11) is 4.59. The predicted octanol–water partition coefficient (Wildman–Crippen LogP) is 2.82. The van der Waals surface area contributed by atoms with Gasteiger partial charge in [0.2, 0.25) is 0 Å². The van der Waals surface area contributed by atoms with Crippen molar-refractivity contribution in [3.63, 3.8) is 0 Å². The number of hydrogen-bond acceptors (Lipinski definition) is 3. The average molecular weight is 296 g/mol. The first-order chi connectivity index (χ1) is 10.2. The lowest BCUT2D eigenvalue weighted by atomic mass is 9.95. The molecule has 0 aromatic heterocycles. The van der Waals surface area contributed by atoms with Gasteiger partial charge < -0.3 is 15.1 Å². The molecule has 2 aliphatic rings. The van der Waals surface area contributed by atoms with E-state index in [-0.39, 0.29) is 0 Å². The Morgan fingerprint density at radius 3 is 2.62 bits per heavy atom. The molecule has 2 unspecified atom stereocenters. The van der Waals surface area contributed by atoms with Gasteiger partial charge in [-0.15, -0.1) is 0 Å². The van der Waals surface area contributed by atoms with Crippen LogP contribution in [0, 0.1) is 11.8 Å². The third kappa shape index (κ3) is 5.88. The zero-order valence-electron chi connectivity index (χ0n) is 14.6. The van der Waals surface area contributed by atoms with Gasteiger partial charge in [0.15, 0.2) is 0 Å². The van der Waals surface area contributed by atoms with Crippen LogP contribution in [0.1, 0.15) is 51.9 Å². The molecule has 1 aliphatic carbocycles. The maximum absolute atomic E-state index is 3.77. The molecule has 0 bridgehead atoms. The Hall–Kier alpha value is -0.120. The molecule has 1 saturated heterocycles. The molecule has 3 heteroatoms. The Bertz CT molecular complexity index is 274. The van der Waals surface area contributed by atoms with E-state index in [0.29, 0.717) is 0 Å². The highest BCUT2D eigenvalue weighted by atomic mass is 15.1. The van der Waals surface area contributed by atoms with Crippen molar-refractivity contribution in [3.8, 4) is 0 Å². The van der Waals surface area contributed by atoms with Gasteiger partial charge in [0.05, 0.1) is 0 Å². The lowest BCUT2D eigenvalue weighted by Gasteiger charge is -2.32. The van der Waals surface area contributed by atoms with Crippen LogP contribution in [0.2, 0.25) is 0 Å². The topological polar surface area (TPSA) is 18.5 Å². The molecule has 0 spiro atoms. The van der Waals surface area contributed by atoms with Crippen LogP contribution >= 0.6 is 0 Å².